The van der Waals surface area contributed by atoms with Crippen LogP contribution in [-0.4, -0.2) is 40.4 Å². The third-order valence-corrected chi connectivity index (χ3v) is 4.33. The molecule has 0 aliphatic carbocycles. The lowest BCUT2D eigenvalue weighted by molar-refractivity contribution is -0.130. The van der Waals surface area contributed by atoms with Crippen molar-refractivity contribution < 1.29 is 9.59 Å². The molecule has 0 aromatic carbocycles. The van der Waals surface area contributed by atoms with Crippen LogP contribution in [0.25, 0.3) is 0 Å². The third-order valence-electron chi connectivity index (χ3n) is 2.86. The van der Waals surface area contributed by atoms with E-state index in [2.05, 4.69) is 5.32 Å². The highest BCUT2D eigenvalue weighted by molar-refractivity contribution is 8.01. The molecule has 14 heavy (non-hydrogen) atoms. The lowest BCUT2D eigenvalue weighted by Gasteiger charge is -2.37. The molecular weight excluding hydrogens is 200 g/mol. The number of nitrogens with one attached hydrogen (secondary N) is 1. The summed E-state index contributed by atoms with van der Waals surface area (Å²) in [6, 6.07) is 0. The number of likely N-dealkylation sites (tertiary alicyclic amines) is 1. The molecule has 0 bridgehead atoms. The Labute approximate surface area is 87.4 Å². The average molecular weight is 214 g/mol. The van der Waals surface area contributed by atoms with E-state index in [1.165, 1.54) is 0 Å². The minimum atomic E-state index is -0.0664. The van der Waals surface area contributed by atoms with Crippen molar-refractivity contribution in [3.63, 3.8) is 0 Å². The van der Waals surface area contributed by atoms with Crippen LogP contribution in [0.2, 0.25) is 0 Å². The normalized spacial score (nSPS) is 25.2. The van der Waals surface area contributed by atoms with Crippen molar-refractivity contribution in [2.45, 2.75) is 24.6 Å². The number of carbonyl (C=O) groups excluding carboxylic acids is 2. The van der Waals surface area contributed by atoms with Crippen molar-refractivity contribution in [1.82, 2.24) is 10.2 Å². The first-order valence-electron chi connectivity index (χ1n) is 4.82. The second-order valence-electron chi connectivity index (χ2n) is 3.84. The van der Waals surface area contributed by atoms with Crippen LogP contribution in [-0.2, 0) is 9.59 Å². The van der Waals surface area contributed by atoms with Gasteiger partial charge in [0.1, 0.15) is 0 Å². The van der Waals surface area contributed by atoms with Gasteiger partial charge in [-0.05, 0) is 12.8 Å². The number of rotatable bonds is 0. The van der Waals surface area contributed by atoms with Gasteiger partial charge in [0.15, 0.2) is 0 Å². The maximum atomic E-state index is 11.1. The monoisotopic (exact) mass is 214 g/mol. The Balaban J connectivity index is 1.95. The molecule has 0 atom stereocenters. The fourth-order valence-corrected chi connectivity index (χ4v) is 3.12. The Hall–Kier alpha value is -0.710. The van der Waals surface area contributed by atoms with Crippen LogP contribution in [0.4, 0.5) is 0 Å². The average Bonchev–Trinajstić information content (AvgIpc) is 2.48. The van der Waals surface area contributed by atoms with Crippen LogP contribution in [0, 0.1) is 0 Å². The summed E-state index contributed by atoms with van der Waals surface area (Å²) in [5.41, 5.74) is 0. The summed E-state index contributed by atoms with van der Waals surface area (Å²) in [6.45, 7) is 3.13. The van der Waals surface area contributed by atoms with Crippen molar-refractivity contribution in [2.24, 2.45) is 0 Å². The predicted molar refractivity (Wildman–Crippen MR) is 54.8 cm³/mol. The van der Waals surface area contributed by atoms with Crippen molar-refractivity contribution in [3.05, 3.63) is 0 Å². The summed E-state index contributed by atoms with van der Waals surface area (Å²) < 4.78 is 0. The molecule has 0 unspecified atom stereocenters. The van der Waals surface area contributed by atoms with E-state index >= 15 is 0 Å². The van der Waals surface area contributed by atoms with Crippen LogP contribution in [0.1, 0.15) is 19.8 Å². The van der Waals surface area contributed by atoms with Crippen molar-refractivity contribution in [2.75, 3.05) is 18.8 Å². The second-order valence-corrected chi connectivity index (χ2v) is 5.20. The summed E-state index contributed by atoms with van der Waals surface area (Å²) >= 11 is 1.69. The molecular formula is C9H14N2O2S. The van der Waals surface area contributed by atoms with E-state index in [-0.39, 0.29) is 16.7 Å². The number of carbonyl (C=O) groups is 2. The zero-order chi connectivity index (χ0) is 10.2. The van der Waals surface area contributed by atoms with Crippen molar-refractivity contribution in [3.8, 4) is 0 Å². The van der Waals surface area contributed by atoms with E-state index in [9.17, 15) is 9.59 Å². The SMILES string of the molecule is CC(=O)N1CCC2(CC1)NC(=O)CS2. The van der Waals surface area contributed by atoms with Gasteiger partial charge < -0.3 is 10.2 Å². The van der Waals surface area contributed by atoms with Gasteiger partial charge >= 0.3 is 0 Å². The Bertz CT molecular complexity index is 272. The summed E-state index contributed by atoms with van der Waals surface area (Å²) in [6.07, 6.45) is 1.76. The van der Waals surface area contributed by atoms with Crippen molar-refractivity contribution >= 4 is 23.6 Å². The molecule has 4 nitrogen and oxygen atoms in total. The molecule has 2 amide bonds. The van der Waals surface area contributed by atoms with Gasteiger partial charge in [0.05, 0.1) is 10.6 Å². The van der Waals surface area contributed by atoms with Gasteiger partial charge in [-0.1, -0.05) is 0 Å². The van der Waals surface area contributed by atoms with Crippen LogP contribution < -0.4 is 5.32 Å². The summed E-state index contributed by atoms with van der Waals surface area (Å²) in [5.74, 6) is 0.834. The molecule has 0 radical (unpaired) electrons. The largest absolute Gasteiger partial charge is 0.343 e. The van der Waals surface area contributed by atoms with Gasteiger partial charge in [-0.15, -0.1) is 11.8 Å². The second kappa shape index (κ2) is 3.46. The van der Waals surface area contributed by atoms with Gasteiger partial charge in [-0.25, -0.2) is 0 Å². The van der Waals surface area contributed by atoms with Gasteiger partial charge in [-0.2, -0.15) is 0 Å². The van der Waals surface area contributed by atoms with Gasteiger partial charge in [0.25, 0.3) is 0 Å². The highest BCUT2D eigenvalue weighted by Gasteiger charge is 2.41. The summed E-state index contributed by atoms with van der Waals surface area (Å²) in [4.78, 5) is 24.0. The van der Waals surface area contributed by atoms with Gasteiger partial charge in [0.2, 0.25) is 11.8 Å². The molecule has 5 heteroatoms. The van der Waals surface area contributed by atoms with Gasteiger partial charge in [0, 0.05) is 20.0 Å². The van der Waals surface area contributed by atoms with Crippen molar-refractivity contribution in [1.29, 1.82) is 0 Å². The highest BCUT2D eigenvalue weighted by atomic mass is 32.2. The minimum Gasteiger partial charge on any atom is -0.343 e. The Morgan fingerprint density at radius 1 is 1.50 bits per heavy atom. The van der Waals surface area contributed by atoms with E-state index in [0.29, 0.717) is 5.75 Å². The van der Waals surface area contributed by atoms with Crippen LogP contribution in [0.5, 0.6) is 0 Å². The van der Waals surface area contributed by atoms with E-state index < -0.39 is 0 Å². The quantitative estimate of drug-likeness (QED) is 0.626. The van der Waals surface area contributed by atoms with Crippen LogP contribution in [0.3, 0.4) is 0 Å². The number of thioether (sulfide) groups is 1. The first-order chi connectivity index (χ1) is 6.61. The fourth-order valence-electron chi connectivity index (χ4n) is 1.98. The molecule has 1 spiro atoms. The van der Waals surface area contributed by atoms with Crippen LogP contribution in [0.15, 0.2) is 0 Å². The molecule has 78 valence electrons. The fraction of sp³-hybridized carbons (Fsp3) is 0.778. The number of amides is 2. The maximum Gasteiger partial charge on any atom is 0.231 e. The summed E-state index contributed by atoms with van der Waals surface area (Å²) in [7, 11) is 0. The minimum absolute atomic E-state index is 0.0664. The molecule has 0 aromatic rings. The Morgan fingerprint density at radius 2 is 2.14 bits per heavy atom. The predicted octanol–water partition coefficient (Wildman–Crippen LogP) is 0.188. The lowest BCUT2D eigenvalue weighted by atomic mass is 10.0. The summed E-state index contributed by atoms with van der Waals surface area (Å²) in [5, 5.41) is 3.01. The maximum absolute atomic E-state index is 11.1. The highest BCUT2D eigenvalue weighted by Crippen LogP contribution is 2.37. The Morgan fingerprint density at radius 3 is 2.57 bits per heavy atom. The van der Waals surface area contributed by atoms with E-state index in [0.717, 1.165) is 25.9 Å². The molecule has 0 aromatic heterocycles. The molecule has 2 fully saturated rings. The van der Waals surface area contributed by atoms with Gasteiger partial charge in [-0.3, -0.25) is 9.59 Å². The number of hydrogen-bond donors (Lipinski definition) is 1. The number of hydrogen-bond acceptors (Lipinski definition) is 3. The third kappa shape index (κ3) is 1.73. The molecule has 2 heterocycles. The molecule has 2 rings (SSSR count). The molecule has 2 aliphatic heterocycles. The molecule has 2 aliphatic rings. The smallest absolute Gasteiger partial charge is 0.231 e. The van der Waals surface area contributed by atoms with E-state index in [1.807, 2.05) is 4.90 Å². The number of nitrogens with zero attached hydrogens (tertiary/aromatic N) is 1. The first-order valence-corrected chi connectivity index (χ1v) is 5.80. The molecule has 2 saturated heterocycles. The zero-order valence-corrected chi connectivity index (χ0v) is 9.02. The first kappa shape index (κ1) is 9.83. The number of piperidine rings is 1. The topological polar surface area (TPSA) is 49.4 Å². The standard InChI is InChI=1S/C9H14N2O2S/c1-7(12)11-4-2-9(3-5-11)10-8(13)6-14-9/h2-6H2,1H3,(H,10,13). The zero-order valence-electron chi connectivity index (χ0n) is 8.21. The van der Waals surface area contributed by atoms with Crippen LogP contribution >= 0.6 is 11.8 Å². The van der Waals surface area contributed by atoms with E-state index in [1.54, 1.807) is 18.7 Å². The Kier molecular flexibility index (Phi) is 2.43. The molecule has 0 saturated carbocycles. The lowest BCUT2D eigenvalue weighted by Crippen LogP contribution is -2.50. The molecule has 1 N–H and O–H groups in total. The van der Waals surface area contributed by atoms with E-state index in [4.69, 9.17) is 0 Å².